The second-order valence-electron chi connectivity index (χ2n) is 6.70. The number of halogens is 4. The number of nitrogens with one attached hydrogen (secondary N) is 1. The van der Waals surface area contributed by atoms with E-state index in [2.05, 4.69) is 21.2 Å². The zero-order valence-corrected chi connectivity index (χ0v) is 16.8. The maximum absolute atomic E-state index is 13.0. The highest BCUT2D eigenvalue weighted by molar-refractivity contribution is 9.10. The number of Topliss-reactive ketones (excluding diaryl/α,β-unsaturated/α-hetero) is 1. The summed E-state index contributed by atoms with van der Waals surface area (Å²) in [5.74, 6) is -0.144. The average molecular weight is 464 g/mol. The van der Waals surface area contributed by atoms with Gasteiger partial charge in [0.25, 0.3) is 0 Å². The van der Waals surface area contributed by atoms with E-state index >= 15 is 0 Å². The minimum absolute atomic E-state index is 0.144. The molecule has 29 heavy (non-hydrogen) atoms. The van der Waals surface area contributed by atoms with Crippen molar-refractivity contribution < 1.29 is 18.0 Å². The molecule has 3 rings (SSSR count). The van der Waals surface area contributed by atoms with Crippen molar-refractivity contribution in [3.05, 3.63) is 74.9 Å². The van der Waals surface area contributed by atoms with Gasteiger partial charge in [0.2, 0.25) is 0 Å². The van der Waals surface area contributed by atoms with Crippen molar-refractivity contribution in [3.63, 3.8) is 0 Å². The van der Waals surface area contributed by atoms with Crippen LogP contribution in [0.3, 0.4) is 0 Å². The van der Waals surface area contributed by atoms with E-state index in [0.717, 1.165) is 12.1 Å². The fourth-order valence-electron chi connectivity index (χ4n) is 3.31. The topological polar surface area (TPSA) is 78.9 Å². The Hall–Kier alpha value is -2.63. The van der Waals surface area contributed by atoms with Crippen LogP contribution >= 0.6 is 15.9 Å². The number of hydrogen-bond donors (Lipinski definition) is 2. The van der Waals surface area contributed by atoms with E-state index in [1.165, 1.54) is 12.1 Å². The molecule has 0 saturated heterocycles. The van der Waals surface area contributed by atoms with Crippen molar-refractivity contribution in [2.75, 3.05) is 5.32 Å². The zero-order valence-electron chi connectivity index (χ0n) is 15.2. The fraction of sp³-hybridized carbons (Fsp3) is 0.238. The van der Waals surface area contributed by atoms with Crippen LogP contribution in [-0.4, -0.2) is 5.78 Å². The number of anilines is 1. The third kappa shape index (κ3) is 4.69. The first-order chi connectivity index (χ1) is 13.7. The van der Waals surface area contributed by atoms with E-state index in [1.54, 1.807) is 18.2 Å². The third-order valence-corrected chi connectivity index (χ3v) is 5.40. The molecule has 1 atom stereocenters. The molecule has 1 aliphatic carbocycles. The van der Waals surface area contributed by atoms with E-state index in [1.807, 2.05) is 6.07 Å². The van der Waals surface area contributed by atoms with Crippen molar-refractivity contribution in [1.29, 1.82) is 5.26 Å². The molecule has 2 aromatic rings. The van der Waals surface area contributed by atoms with Crippen LogP contribution in [0.25, 0.3) is 0 Å². The van der Waals surface area contributed by atoms with Gasteiger partial charge in [0.1, 0.15) is 0 Å². The van der Waals surface area contributed by atoms with Crippen molar-refractivity contribution in [1.82, 2.24) is 0 Å². The average Bonchev–Trinajstić information content (AvgIpc) is 2.67. The number of nitrogens with two attached hydrogens (primary N) is 1. The number of rotatable bonds is 4. The number of benzene rings is 2. The highest BCUT2D eigenvalue weighted by atomic mass is 79.9. The molecule has 2 aromatic carbocycles. The lowest BCUT2D eigenvalue weighted by molar-refractivity contribution is -0.137. The lowest BCUT2D eigenvalue weighted by Crippen LogP contribution is -2.26. The molecule has 0 heterocycles. The smallest absolute Gasteiger partial charge is 0.358 e. The zero-order chi connectivity index (χ0) is 21.2. The van der Waals surface area contributed by atoms with Crippen LogP contribution in [0.15, 0.2) is 58.2 Å². The molecule has 1 unspecified atom stereocenters. The molecule has 0 aromatic heterocycles. The van der Waals surface area contributed by atoms with Crippen LogP contribution in [-0.2, 0) is 11.0 Å². The summed E-state index contributed by atoms with van der Waals surface area (Å²) in [4.78, 5) is 12.6. The van der Waals surface area contributed by atoms with E-state index < -0.39 is 17.8 Å². The minimum Gasteiger partial charge on any atom is -0.358 e. The first-order valence-electron chi connectivity index (χ1n) is 8.86. The predicted octanol–water partition coefficient (Wildman–Crippen LogP) is 5.46. The first kappa shape index (κ1) is 21.1. The van der Waals surface area contributed by atoms with E-state index in [4.69, 9.17) is 11.0 Å². The molecule has 8 heteroatoms. The number of hydrogen-bond acceptors (Lipinski definition) is 4. The molecule has 0 amide bonds. The lowest BCUT2D eigenvalue weighted by atomic mass is 9.86. The quantitative estimate of drug-likeness (QED) is 0.630. The van der Waals surface area contributed by atoms with Crippen molar-refractivity contribution >= 4 is 27.4 Å². The highest BCUT2D eigenvalue weighted by Crippen LogP contribution is 2.36. The Morgan fingerprint density at radius 2 is 1.93 bits per heavy atom. The van der Waals surface area contributed by atoms with Gasteiger partial charge in [-0.1, -0.05) is 28.1 Å². The second-order valence-corrected chi connectivity index (χ2v) is 7.55. The number of allylic oxidation sites excluding steroid dienone is 1. The fourth-order valence-corrected chi connectivity index (χ4v) is 3.93. The molecular formula is C21H17BrF3N3O. The van der Waals surface area contributed by atoms with Crippen LogP contribution < -0.4 is 11.1 Å². The minimum atomic E-state index is -4.46. The molecule has 150 valence electrons. The number of nitrogens with zero attached hydrogens (tertiary/aromatic N) is 1. The Balaban J connectivity index is 2.00. The molecule has 1 aliphatic rings. The van der Waals surface area contributed by atoms with Gasteiger partial charge in [-0.3, -0.25) is 4.79 Å². The normalized spacial score (nSPS) is 15.8. The number of alkyl halides is 3. The van der Waals surface area contributed by atoms with Gasteiger partial charge in [-0.05, 0) is 48.7 Å². The predicted molar refractivity (Wildman–Crippen MR) is 107 cm³/mol. The van der Waals surface area contributed by atoms with E-state index in [-0.39, 0.29) is 11.5 Å². The maximum Gasteiger partial charge on any atom is 0.416 e. The van der Waals surface area contributed by atoms with Gasteiger partial charge in [0.05, 0.1) is 23.2 Å². The summed E-state index contributed by atoms with van der Waals surface area (Å²) < 4.78 is 39.6. The molecule has 0 saturated carbocycles. The molecule has 0 spiro atoms. The van der Waals surface area contributed by atoms with Crippen LogP contribution in [0.4, 0.5) is 18.9 Å². The summed E-state index contributed by atoms with van der Waals surface area (Å²) in [5, 5.41) is 12.0. The second kappa shape index (κ2) is 8.39. The van der Waals surface area contributed by atoms with Gasteiger partial charge < -0.3 is 11.1 Å². The molecule has 0 aliphatic heterocycles. The van der Waals surface area contributed by atoms with Crippen molar-refractivity contribution in [2.45, 2.75) is 31.5 Å². The summed E-state index contributed by atoms with van der Waals surface area (Å²) in [7, 11) is 0. The monoisotopic (exact) mass is 463 g/mol. The summed E-state index contributed by atoms with van der Waals surface area (Å²) >= 11 is 3.38. The van der Waals surface area contributed by atoms with Crippen LogP contribution in [0.5, 0.6) is 0 Å². The molecular weight excluding hydrogens is 447 g/mol. The number of carbonyl (C=O) groups excluding carboxylic acids is 1. The number of ketones is 1. The summed E-state index contributed by atoms with van der Waals surface area (Å²) in [6, 6.07) is 11.0. The van der Waals surface area contributed by atoms with Crippen LogP contribution in [0.2, 0.25) is 0 Å². The van der Waals surface area contributed by atoms with Crippen LogP contribution in [0.1, 0.15) is 42.0 Å². The standard InChI is InChI=1S/C21H17BrF3N3O/c22-16-9-12(11-26)7-8-15(16)20(27)19-17(5-2-6-18(19)29)28-14-4-1-3-13(10-14)21(23,24)25/h1,3-4,7-10,20,28H,2,5-6,27H2. The Bertz CT molecular complexity index is 1020. The molecule has 0 radical (unpaired) electrons. The van der Waals surface area contributed by atoms with Gasteiger partial charge in [-0.2, -0.15) is 18.4 Å². The summed E-state index contributed by atoms with van der Waals surface area (Å²) in [6.07, 6.45) is -3.05. The van der Waals surface area contributed by atoms with E-state index in [0.29, 0.717) is 46.1 Å². The molecule has 3 N–H and O–H groups in total. The first-order valence-corrected chi connectivity index (χ1v) is 9.65. The Kier molecular flexibility index (Phi) is 6.10. The number of nitriles is 1. The van der Waals surface area contributed by atoms with Gasteiger partial charge in [0.15, 0.2) is 5.78 Å². The highest BCUT2D eigenvalue weighted by Gasteiger charge is 2.31. The molecule has 0 fully saturated rings. The largest absolute Gasteiger partial charge is 0.416 e. The van der Waals surface area contributed by atoms with Gasteiger partial charge in [-0.25, -0.2) is 0 Å². The Morgan fingerprint density at radius 3 is 2.59 bits per heavy atom. The lowest BCUT2D eigenvalue weighted by Gasteiger charge is -2.26. The van der Waals surface area contributed by atoms with Gasteiger partial charge in [0, 0.05) is 27.9 Å². The summed E-state index contributed by atoms with van der Waals surface area (Å²) in [5.41, 5.74) is 7.79. The summed E-state index contributed by atoms with van der Waals surface area (Å²) in [6.45, 7) is 0. The van der Waals surface area contributed by atoms with Gasteiger partial charge >= 0.3 is 6.18 Å². The Morgan fingerprint density at radius 1 is 1.17 bits per heavy atom. The number of carbonyl (C=O) groups is 1. The van der Waals surface area contributed by atoms with E-state index in [9.17, 15) is 18.0 Å². The Labute approximate surface area is 174 Å². The van der Waals surface area contributed by atoms with Crippen molar-refractivity contribution in [3.8, 4) is 6.07 Å². The SMILES string of the molecule is N#Cc1ccc(C(N)C2=C(Nc3cccc(C(F)(F)F)c3)CCCC2=O)c(Br)c1. The third-order valence-electron chi connectivity index (χ3n) is 4.72. The van der Waals surface area contributed by atoms with Crippen LogP contribution in [0, 0.1) is 11.3 Å². The molecule has 4 nitrogen and oxygen atoms in total. The van der Waals surface area contributed by atoms with Gasteiger partial charge in [-0.15, -0.1) is 0 Å². The maximum atomic E-state index is 13.0. The molecule has 0 bridgehead atoms. The van der Waals surface area contributed by atoms with Crippen molar-refractivity contribution in [2.24, 2.45) is 5.73 Å².